The van der Waals surface area contributed by atoms with E-state index in [0.29, 0.717) is 81.0 Å². The molecular weight excluding hydrogens is 833 g/mol. The van der Waals surface area contributed by atoms with Crippen LogP contribution in [0.2, 0.25) is 0 Å². The van der Waals surface area contributed by atoms with E-state index in [0.717, 1.165) is 64.2 Å². The van der Waals surface area contributed by atoms with Crippen molar-refractivity contribution in [2.75, 3.05) is 12.3 Å². The second-order valence-electron chi connectivity index (χ2n) is 25.1. The largest absolute Gasteiger partial charge is 0.481 e. The molecule has 0 saturated heterocycles. The Kier molecular flexibility index (Phi) is 13.0. The molecule has 8 aliphatic rings. The van der Waals surface area contributed by atoms with Crippen LogP contribution in [0.3, 0.4) is 0 Å². The van der Waals surface area contributed by atoms with Crippen LogP contribution in [0.5, 0.6) is 0 Å². The molecule has 0 aromatic heterocycles. The van der Waals surface area contributed by atoms with E-state index >= 15 is 0 Å². The van der Waals surface area contributed by atoms with Crippen LogP contribution in [-0.2, 0) is 19.7 Å². The number of fused-ring (bicyclic) bond motifs is 10. The molecule has 0 aromatic carbocycles. The first-order valence-electron chi connectivity index (χ1n) is 25.6. The monoisotopic (exact) mass is 917 g/mol. The molecule has 8 N–H and O–H groups in total. The Morgan fingerprint density at radius 3 is 1.77 bits per heavy atom. The minimum Gasteiger partial charge on any atom is -0.481 e. The number of carbonyl (C=O) groups is 2. The van der Waals surface area contributed by atoms with Gasteiger partial charge in [0.25, 0.3) is 10.1 Å². The van der Waals surface area contributed by atoms with Gasteiger partial charge in [-0.25, -0.2) is 0 Å². The zero-order valence-electron chi connectivity index (χ0n) is 39.8. The van der Waals surface area contributed by atoms with Gasteiger partial charge in [-0.2, -0.15) is 8.42 Å². The summed E-state index contributed by atoms with van der Waals surface area (Å²) in [6.07, 6.45) is 13.7. The molecule has 8 aliphatic carbocycles. The molecule has 1 radical (unpaired) electrons. The third kappa shape index (κ3) is 8.59. The van der Waals surface area contributed by atoms with Gasteiger partial charge in [0.1, 0.15) is 0 Å². The summed E-state index contributed by atoms with van der Waals surface area (Å²) in [7, 11) is -2.27. The highest BCUT2D eigenvalue weighted by atomic mass is 32.2. The van der Waals surface area contributed by atoms with Crippen molar-refractivity contribution in [2.45, 2.75) is 193 Å². The highest BCUT2D eigenvalue weighted by Gasteiger charge is 2.69. The molecule has 363 valence electrons. The highest BCUT2D eigenvalue weighted by molar-refractivity contribution is 7.85. The van der Waals surface area contributed by atoms with Crippen LogP contribution in [-0.4, -0.2) is 98.0 Å². The first kappa shape index (κ1) is 49.1. The summed E-state index contributed by atoms with van der Waals surface area (Å²) in [5.41, 5.74) is -2.66. The zero-order valence-corrected chi connectivity index (χ0v) is 40.6. The van der Waals surface area contributed by atoms with Crippen molar-refractivity contribution in [1.29, 1.82) is 0 Å². The van der Waals surface area contributed by atoms with E-state index < -0.39 is 44.7 Å². The number of rotatable bonds is 13. The van der Waals surface area contributed by atoms with Gasteiger partial charge in [0.2, 0.25) is 5.91 Å². The Hall–Kier alpha value is -1.29. The van der Waals surface area contributed by atoms with Crippen LogP contribution >= 0.6 is 0 Å². The van der Waals surface area contributed by atoms with Gasteiger partial charge in [-0.05, 0) is 196 Å². The minimum absolute atomic E-state index is 0.0442. The van der Waals surface area contributed by atoms with Crippen molar-refractivity contribution in [1.82, 2.24) is 5.32 Å². The number of hydrogen-bond donors (Lipinski definition) is 8. The summed E-state index contributed by atoms with van der Waals surface area (Å²) in [6, 6.07) is 0. The molecule has 0 aromatic rings. The average molecular weight is 917 g/mol. The summed E-state index contributed by atoms with van der Waals surface area (Å²) < 4.78 is 31.1. The third-order valence-electron chi connectivity index (χ3n) is 22.0. The third-order valence-corrected chi connectivity index (χ3v) is 22.7. The number of nitrogens with one attached hydrogen (secondary N) is 1. The van der Waals surface area contributed by atoms with Crippen LogP contribution in [0.1, 0.15) is 170 Å². The van der Waals surface area contributed by atoms with Crippen LogP contribution < -0.4 is 5.32 Å². The minimum atomic E-state index is -4.13. The second kappa shape index (κ2) is 17.0. The quantitative estimate of drug-likeness (QED) is 0.0561. The van der Waals surface area contributed by atoms with Gasteiger partial charge in [0, 0.05) is 42.7 Å². The number of aliphatic hydroxyl groups is 5. The average Bonchev–Trinajstić information content (AvgIpc) is 3.73. The SMILES string of the molecule is C[C@H](CCC(=O)NCCS(=O)(=O)O)[C@H]1CC[C@H]2[C@@H]3[C@@H](O)CC4CC(O)([B]C5(O)CC[C@@]6(C)C(C5)CC(O)(O)[C@H]5[C@@H]7CC[C@H]([C@@H](C)CCC(=O)O)[C@@]7(C)CC[C@@H]56)CC[C@]4(C)[C@H]3CC[C@]12C. The van der Waals surface area contributed by atoms with Crippen molar-refractivity contribution < 1.29 is 53.2 Å². The van der Waals surface area contributed by atoms with E-state index in [1.165, 1.54) is 0 Å². The fourth-order valence-electron chi connectivity index (χ4n) is 18.7. The standard InChI is InChI=1S/C50H83BNO11S/c1-29(7-13-40(54)52-23-24-64(61,62)63)33-9-11-35-42-36(15-17-46(33,35)5)44(3)19-21-48(57,26-31(44)25-39(42)53)51-49(58)22-20-45(4)32(27-49)28-50(59,60)43-37-12-10-34(30(2)8-14-41(55)56)47(37,6)18-16-38(43)45/h29-39,42-43,53,57-60H,7-28H2,1-6H3,(H,52,54)(H,55,56)(H,61,62,63)/t29-,30+,31?,32?,33-,34-,35+,36+,37+,38+,39+,42+,43+,44+,45+,46-,47-,48?,49?/m1/s1. The molecule has 0 bridgehead atoms. The molecule has 8 saturated carbocycles. The second-order valence-corrected chi connectivity index (χ2v) is 26.7. The molecule has 8 rings (SSSR count). The molecule has 19 atom stereocenters. The van der Waals surface area contributed by atoms with Gasteiger partial charge in [0.05, 0.1) is 11.9 Å². The number of carboxylic acids is 1. The number of carbonyl (C=O) groups excluding carboxylic acids is 1. The van der Waals surface area contributed by atoms with Crippen LogP contribution in [0, 0.1) is 92.7 Å². The first-order valence-corrected chi connectivity index (χ1v) is 27.2. The van der Waals surface area contributed by atoms with Crippen molar-refractivity contribution in [3.63, 3.8) is 0 Å². The van der Waals surface area contributed by atoms with Crippen LogP contribution in [0.4, 0.5) is 0 Å². The summed E-state index contributed by atoms with van der Waals surface area (Å²) >= 11 is 0. The zero-order chi connectivity index (χ0) is 46.6. The molecular formula is C50H83BNO11S. The summed E-state index contributed by atoms with van der Waals surface area (Å²) in [5.74, 6) is -1.12. The number of amides is 1. The van der Waals surface area contributed by atoms with E-state index in [1.807, 2.05) is 7.28 Å². The van der Waals surface area contributed by atoms with Gasteiger partial charge >= 0.3 is 5.97 Å². The predicted molar refractivity (Wildman–Crippen MR) is 244 cm³/mol. The lowest BCUT2D eigenvalue weighted by atomic mass is 9.34. The predicted octanol–water partition coefficient (Wildman–Crippen LogP) is 6.57. The van der Waals surface area contributed by atoms with E-state index in [9.17, 15) is 48.6 Å². The van der Waals surface area contributed by atoms with Crippen molar-refractivity contribution >= 4 is 29.3 Å². The molecule has 64 heavy (non-hydrogen) atoms. The highest BCUT2D eigenvalue weighted by Crippen LogP contribution is 2.72. The molecule has 0 spiro atoms. The maximum Gasteiger partial charge on any atom is 0.303 e. The normalized spacial score (nSPS) is 49.2. The van der Waals surface area contributed by atoms with Gasteiger partial charge in [-0.15, -0.1) is 0 Å². The summed E-state index contributed by atoms with van der Waals surface area (Å²) in [6.45, 7) is 13.8. The van der Waals surface area contributed by atoms with Gasteiger partial charge in [-0.3, -0.25) is 14.1 Å². The fourth-order valence-corrected chi connectivity index (χ4v) is 19.1. The Morgan fingerprint density at radius 1 is 0.672 bits per heavy atom. The Bertz CT molecular complexity index is 1890. The molecule has 0 aliphatic heterocycles. The number of aliphatic carboxylic acids is 1. The van der Waals surface area contributed by atoms with Crippen molar-refractivity contribution in [2.24, 2.45) is 92.7 Å². The molecule has 0 heterocycles. The summed E-state index contributed by atoms with van der Waals surface area (Å²) in [5, 5.41) is 73.3. The van der Waals surface area contributed by atoms with Gasteiger partial charge in [-0.1, -0.05) is 41.5 Å². The van der Waals surface area contributed by atoms with E-state index in [2.05, 4.69) is 46.9 Å². The molecule has 1 amide bonds. The lowest BCUT2D eigenvalue weighted by Gasteiger charge is -2.66. The van der Waals surface area contributed by atoms with E-state index in [1.54, 1.807) is 0 Å². The summed E-state index contributed by atoms with van der Waals surface area (Å²) in [4.78, 5) is 23.9. The van der Waals surface area contributed by atoms with Crippen molar-refractivity contribution in [3.8, 4) is 0 Å². The Morgan fingerprint density at radius 2 is 1.17 bits per heavy atom. The lowest BCUT2D eigenvalue weighted by molar-refractivity contribution is -0.306. The van der Waals surface area contributed by atoms with Crippen LogP contribution in [0.25, 0.3) is 0 Å². The Labute approximate surface area is 384 Å². The molecule has 4 unspecified atom stereocenters. The maximum absolute atomic E-state index is 12.5. The van der Waals surface area contributed by atoms with E-state index in [-0.39, 0.29) is 88.4 Å². The molecule has 12 nitrogen and oxygen atoms in total. The molecule has 14 heteroatoms. The maximum atomic E-state index is 12.5. The first-order chi connectivity index (χ1) is 29.7. The number of carboxylic acid groups (broad SMARTS) is 1. The van der Waals surface area contributed by atoms with Gasteiger partial charge < -0.3 is 36.0 Å². The topological polar surface area (TPSA) is 222 Å². The number of hydrogen-bond acceptors (Lipinski definition) is 9. The van der Waals surface area contributed by atoms with Crippen LogP contribution in [0.15, 0.2) is 0 Å². The molecule has 8 fully saturated rings. The smallest absolute Gasteiger partial charge is 0.303 e. The van der Waals surface area contributed by atoms with E-state index in [4.69, 9.17) is 4.55 Å². The Balaban J connectivity index is 0.896. The number of aliphatic hydroxyl groups excluding tert-OH is 1. The lowest BCUT2D eigenvalue weighted by Crippen LogP contribution is -2.66. The fraction of sp³-hybridized carbons (Fsp3) is 0.960. The van der Waals surface area contributed by atoms with Crippen molar-refractivity contribution in [3.05, 3.63) is 0 Å². The van der Waals surface area contributed by atoms with Gasteiger partial charge in [0.15, 0.2) is 13.1 Å².